The zero-order valence-electron chi connectivity index (χ0n) is 18.3. The lowest BCUT2D eigenvalue weighted by molar-refractivity contribution is -0.137. The van der Waals surface area contributed by atoms with Crippen LogP contribution in [0.25, 0.3) is 11.1 Å². The number of fused-ring (bicyclic) bond motifs is 3. The van der Waals surface area contributed by atoms with E-state index in [1.54, 1.807) is 0 Å². The summed E-state index contributed by atoms with van der Waals surface area (Å²) in [6.45, 7) is 2.51. The normalized spacial score (nSPS) is 13.0. The van der Waals surface area contributed by atoms with E-state index >= 15 is 0 Å². The second-order valence-electron chi connectivity index (χ2n) is 8.01. The quantitative estimate of drug-likeness (QED) is 0.459. The van der Waals surface area contributed by atoms with Gasteiger partial charge in [0.1, 0.15) is 6.61 Å². The van der Waals surface area contributed by atoms with E-state index in [2.05, 4.69) is 34.9 Å². The molecule has 0 aromatic heterocycles. The van der Waals surface area contributed by atoms with E-state index in [0.717, 1.165) is 17.5 Å². The van der Waals surface area contributed by atoms with E-state index in [1.807, 2.05) is 31.2 Å². The standard InChI is InChI=1S/C25H30N2O5/c1-2-8-17(15-23(28)26-14-7-13-24(29)30)27-25(31)32-16-22-20-11-5-3-9-18(20)19-10-4-6-12-21(19)22/h3-6,9-12,17,22H,2,7-8,13-16H2,1H3,(H,26,28)(H,27,31)(H,29,30)/t17-/m0/s1. The van der Waals surface area contributed by atoms with Gasteiger partial charge in [0, 0.05) is 31.3 Å². The third kappa shape index (κ3) is 6.09. The fourth-order valence-corrected chi connectivity index (χ4v) is 4.14. The van der Waals surface area contributed by atoms with Crippen molar-refractivity contribution in [3.63, 3.8) is 0 Å². The van der Waals surface area contributed by atoms with Crippen LogP contribution in [-0.2, 0) is 14.3 Å². The maximum Gasteiger partial charge on any atom is 0.407 e. The Labute approximate surface area is 188 Å². The molecule has 0 saturated heterocycles. The lowest BCUT2D eigenvalue weighted by Crippen LogP contribution is -2.40. The fraction of sp³-hybridized carbons (Fsp3) is 0.400. The first-order valence-corrected chi connectivity index (χ1v) is 11.1. The molecule has 7 nitrogen and oxygen atoms in total. The van der Waals surface area contributed by atoms with Gasteiger partial charge in [-0.2, -0.15) is 0 Å². The van der Waals surface area contributed by atoms with Gasteiger partial charge in [-0.3, -0.25) is 9.59 Å². The molecular formula is C25H30N2O5. The van der Waals surface area contributed by atoms with Crippen LogP contribution in [0.2, 0.25) is 0 Å². The number of benzene rings is 2. The number of alkyl carbamates (subject to hydrolysis) is 1. The van der Waals surface area contributed by atoms with Crippen molar-refractivity contribution in [1.29, 1.82) is 0 Å². The minimum atomic E-state index is -0.889. The molecule has 0 saturated carbocycles. The first kappa shape index (κ1) is 23.3. The van der Waals surface area contributed by atoms with Crippen LogP contribution in [0.4, 0.5) is 4.79 Å². The average Bonchev–Trinajstić information content (AvgIpc) is 3.09. The molecule has 3 N–H and O–H groups in total. The van der Waals surface area contributed by atoms with Gasteiger partial charge in [0.15, 0.2) is 0 Å². The molecular weight excluding hydrogens is 408 g/mol. The Morgan fingerprint density at radius 1 is 1.03 bits per heavy atom. The summed E-state index contributed by atoms with van der Waals surface area (Å²) in [4.78, 5) is 35.2. The number of ether oxygens (including phenoxy) is 1. The summed E-state index contributed by atoms with van der Waals surface area (Å²) in [6.07, 6.45) is 1.43. The molecule has 0 radical (unpaired) electrons. The second-order valence-corrected chi connectivity index (χ2v) is 8.01. The van der Waals surface area contributed by atoms with Crippen molar-refractivity contribution in [2.24, 2.45) is 0 Å². The molecule has 0 heterocycles. The van der Waals surface area contributed by atoms with Crippen LogP contribution >= 0.6 is 0 Å². The highest BCUT2D eigenvalue weighted by atomic mass is 16.5. The number of carbonyl (C=O) groups excluding carboxylic acids is 2. The Bertz CT molecular complexity index is 913. The smallest absolute Gasteiger partial charge is 0.407 e. The third-order valence-corrected chi connectivity index (χ3v) is 5.62. The van der Waals surface area contributed by atoms with Crippen molar-refractivity contribution < 1.29 is 24.2 Å². The summed E-state index contributed by atoms with van der Waals surface area (Å²) in [5.41, 5.74) is 4.63. The Morgan fingerprint density at radius 3 is 2.25 bits per heavy atom. The lowest BCUT2D eigenvalue weighted by atomic mass is 9.98. The molecule has 0 unspecified atom stereocenters. The van der Waals surface area contributed by atoms with Crippen molar-refractivity contribution in [2.75, 3.05) is 13.2 Å². The highest BCUT2D eigenvalue weighted by Gasteiger charge is 2.29. The predicted molar refractivity (Wildman–Crippen MR) is 121 cm³/mol. The number of rotatable bonds is 11. The van der Waals surface area contributed by atoms with Gasteiger partial charge in [0.05, 0.1) is 0 Å². The maximum absolute atomic E-state index is 12.5. The Balaban J connectivity index is 1.52. The van der Waals surface area contributed by atoms with Gasteiger partial charge in [-0.25, -0.2) is 4.79 Å². The van der Waals surface area contributed by atoms with E-state index in [1.165, 1.54) is 11.1 Å². The van der Waals surface area contributed by atoms with Gasteiger partial charge in [-0.05, 0) is 35.1 Å². The Hall–Kier alpha value is -3.35. The second kappa shape index (κ2) is 11.3. The number of carbonyl (C=O) groups is 3. The Kier molecular flexibility index (Phi) is 8.25. The minimum absolute atomic E-state index is 0.0106. The van der Waals surface area contributed by atoms with Crippen molar-refractivity contribution in [1.82, 2.24) is 10.6 Å². The SMILES string of the molecule is CCC[C@@H](CC(=O)NCCCC(=O)O)NC(=O)OCC1c2ccccc2-c2ccccc21. The summed E-state index contributed by atoms with van der Waals surface area (Å²) in [5.74, 6) is -1.12. The summed E-state index contributed by atoms with van der Waals surface area (Å²) in [7, 11) is 0. The summed E-state index contributed by atoms with van der Waals surface area (Å²) in [6, 6.07) is 16.0. The molecule has 0 aliphatic heterocycles. The van der Waals surface area contributed by atoms with Gasteiger partial charge in [-0.1, -0.05) is 61.9 Å². The minimum Gasteiger partial charge on any atom is -0.481 e. The van der Waals surface area contributed by atoms with Crippen LogP contribution < -0.4 is 10.6 Å². The summed E-state index contributed by atoms with van der Waals surface area (Å²) >= 11 is 0. The summed E-state index contributed by atoms with van der Waals surface area (Å²) < 4.78 is 5.58. The first-order chi connectivity index (χ1) is 15.5. The van der Waals surface area contributed by atoms with Crippen LogP contribution in [0, 0.1) is 0 Å². The van der Waals surface area contributed by atoms with Crippen molar-refractivity contribution >= 4 is 18.0 Å². The van der Waals surface area contributed by atoms with Crippen molar-refractivity contribution in [3.8, 4) is 11.1 Å². The maximum atomic E-state index is 12.5. The molecule has 1 aliphatic carbocycles. The molecule has 32 heavy (non-hydrogen) atoms. The van der Waals surface area contributed by atoms with E-state index in [9.17, 15) is 14.4 Å². The van der Waals surface area contributed by atoms with Crippen LogP contribution in [0.3, 0.4) is 0 Å². The van der Waals surface area contributed by atoms with Crippen molar-refractivity contribution in [2.45, 2.75) is 51.0 Å². The fourth-order valence-electron chi connectivity index (χ4n) is 4.14. The average molecular weight is 439 g/mol. The van der Waals surface area contributed by atoms with E-state index < -0.39 is 12.1 Å². The van der Waals surface area contributed by atoms with Gasteiger partial charge < -0.3 is 20.5 Å². The van der Waals surface area contributed by atoms with Crippen LogP contribution in [0.15, 0.2) is 48.5 Å². The number of hydrogen-bond donors (Lipinski definition) is 3. The number of aliphatic carboxylic acids is 1. The topological polar surface area (TPSA) is 105 Å². The van der Waals surface area contributed by atoms with Gasteiger partial charge >= 0.3 is 12.1 Å². The first-order valence-electron chi connectivity index (χ1n) is 11.1. The molecule has 1 aliphatic rings. The lowest BCUT2D eigenvalue weighted by Gasteiger charge is -2.19. The van der Waals surface area contributed by atoms with E-state index in [-0.39, 0.29) is 37.3 Å². The third-order valence-electron chi connectivity index (χ3n) is 5.62. The molecule has 0 fully saturated rings. The molecule has 1 atom stereocenters. The molecule has 2 amide bonds. The molecule has 0 bridgehead atoms. The molecule has 2 aromatic rings. The number of nitrogens with one attached hydrogen (secondary N) is 2. The van der Waals surface area contributed by atoms with Crippen molar-refractivity contribution in [3.05, 3.63) is 59.7 Å². The molecule has 0 spiro atoms. The van der Waals surface area contributed by atoms with E-state index in [0.29, 0.717) is 19.4 Å². The van der Waals surface area contributed by atoms with Gasteiger partial charge in [0.2, 0.25) is 5.91 Å². The monoisotopic (exact) mass is 438 g/mol. The molecule has 3 rings (SSSR count). The molecule has 170 valence electrons. The zero-order valence-corrected chi connectivity index (χ0v) is 18.3. The Morgan fingerprint density at radius 2 is 1.66 bits per heavy atom. The van der Waals surface area contributed by atoms with Crippen LogP contribution in [-0.4, -0.2) is 42.3 Å². The largest absolute Gasteiger partial charge is 0.481 e. The van der Waals surface area contributed by atoms with Crippen LogP contribution in [0.5, 0.6) is 0 Å². The molecule has 7 heteroatoms. The predicted octanol–water partition coefficient (Wildman–Crippen LogP) is 4.06. The highest BCUT2D eigenvalue weighted by molar-refractivity contribution is 5.79. The van der Waals surface area contributed by atoms with Gasteiger partial charge in [-0.15, -0.1) is 0 Å². The van der Waals surface area contributed by atoms with E-state index in [4.69, 9.17) is 9.84 Å². The zero-order chi connectivity index (χ0) is 22.9. The number of hydrogen-bond acceptors (Lipinski definition) is 4. The summed E-state index contributed by atoms with van der Waals surface area (Å²) in [5, 5.41) is 14.2. The van der Waals surface area contributed by atoms with Gasteiger partial charge in [0.25, 0.3) is 0 Å². The number of amides is 2. The number of carboxylic acid groups (broad SMARTS) is 1. The highest BCUT2D eigenvalue weighted by Crippen LogP contribution is 2.44. The number of carboxylic acids is 1. The van der Waals surface area contributed by atoms with Crippen LogP contribution in [0.1, 0.15) is 56.1 Å². The molecule has 2 aromatic carbocycles.